The highest BCUT2D eigenvalue weighted by molar-refractivity contribution is 7.08. The van der Waals surface area contributed by atoms with Crippen molar-refractivity contribution in [2.24, 2.45) is 0 Å². The van der Waals surface area contributed by atoms with E-state index in [-0.39, 0.29) is 0 Å². The maximum Gasteiger partial charge on any atom is 0.162 e. The average Bonchev–Trinajstić information content (AvgIpc) is 2.99. The number of fused-ring (bicyclic) bond motifs is 1. The van der Waals surface area contributed by atoms with E-state index in [1.54, 1.807) is 25.6 Å². The zero-order valence-corrected chi connectivity index (χ0v) is 11.5. The van der Waals surface area contributed by atoms with E-state index in [1.165, 1.54) is 0 Å². The molecule has 4 heteroatoms. The minimum Gasteiger partial charge on any atom is -0.493 e. The number of hydrogen-bond acceptors (Lipinski definition) is 4. The summed E-state index contributed by atoms with van der Waals surface area (Å²) in [5.74, 6) is 1.42. The zero-order chi connectivity index (χ0) is 13.2. The lowest BCUT2D eigenvalue weighted by Crippen LogP contribution is -1.92. The third kappa shape index (κ3) is 2.15. The summed E-state index contributed by atoms with van der Waals surface area (Å²) in [7, 11) is 3.27. The maximum absolute atomic E-state index is 5.31. The van der Waals surface area contributed by atoms with Gasteiger partial charge in [-0.25, -0.2) is 4.98 Å². The summed E-state index contributed by atoms with van der Waals surface area (Å²) in [4.78, 5) is 4.67. The highest BCUT2D eigenvalue weighted by atomic mass is 32.1. The van der Waals surface area contributed by atoms with Gasteiger partial charge in [0.1, 0.15) is 0 Å². The van der Waals surface area contributed by atoms with E-state index in [9.17, 15) is 0 Å². The Morgan fingerprint density at radius 3 is 2.47 bits per heavy atom. The molecule has 0 saturated carbocycles. The number of rotatable bonds is 3. The van der Waals surface area contributed by atoms with Crippen molar-refractivity contribution in [1.82, 2.24) is 4.98 Å². The van der Waals surface area contributed by atoms with Gasteiger partial charge < -0.3 is 9.47 Å². The molecule has 0 aliphatic heterocycles. The Hall–Kier alpha value is -2.07. The van der Waals surface area contributed by atoms with Crippen LogP contribution in [0.3, 0.4) is 0 Å². The van der Waals surface area contributed by atoms with Gasteiger partial charge in [0.15, 0.2) is 11.5 Å². The van der Waals surface area contributed by atoms with Crippen LogP contribution in [0.5, 0.6) is 11.5 Å². The molecule has 0 unspecified atom stereocenters. The number of nitrogens with zero attached hydrogens (tertiary/aromatic N) is 1. The van der Waals surface area contributed by atoms with Crippen LogP contribution in [0.15, 0.2) is 41.1 Å². The molecule has 2 heterocycles. The summed E-state index contributed by atoms with van der Waals surface area (Å²) in [5.41, 5.74) is 3.02. The van der Waals surface area contributed by atoms with Crippen molar-refractivity contribution in [3.8, 4) is 22.8 Å². The SMILES string of the molecule is COc1cc2ccc(-c3ccsc3)nc2cc1OC. The quantitative estimate of drug-likeness (QED) is 0.722. The van der Waals surface area contributed by atoms with Gasteiger partial charge in [0.25, 0.3) is 0 Å². The number of ether oxygens (including phenoxy) is 2. The maximum atomic E-state index is 5.31. The van der Waals surface area contributed by atoms with Gasteiger partial charge in [0.2, 0.25) is 0 Å². The second-order valence-electron chi connectivity index (χ2n) is 4.11. The fraction of sp³-hybridized carbons (Fsp3) is 0.133. The highest BCUT2D eigenvalue weighted by Gasteiger charge is 2.08. The highest BCUT2D eigenvalue weighted by Crippen LogP contribution is 2.32. The molecule has 0 spiro atoms. The Morgan fingerprint density at radius 1 is 1.00 bits per heavy atom. The van der Waals surface area contributed by atoms with Crippen LogP contribution in [0.4, 0.5) is 0 Å². The number of benzene rings is 1. The Morgan fingerprint density at radius 2 is 1.79 bits per heavy atom. The molecule has 1 aromatic carbocycles. The summed E-state index contributed by atoms with van der Waals surface area (Å²) in [6.07, 6.45) is 0. The minimum atomic E-state index is 0.699. The van der Waals surface area contributed by atoms with Crippen LogP contribution in [-0.2, 0) is 0 Å². The first-order valence-corrected chi connectivity index (χ1v) is 6.81. The molecule has 0 aliphatic rings. The van der Waals surface area contributed by atoms with Crippen LogP contribution >= 0.6 is 11.3 Å². The molecule has 19 heavy (non-hydrogen) atoms. The fourth-order valence-corrected chi connectivity index (χ4v) is 2.67. The van der Waals surface area contributed by atoms with Gasteiger partial charge in [-0.1, -0.05) is 6.07 Å². The summed E-state index contributed by atoms with van der Waals surface area (Å²) < 4.78 is 10.6. The van der Waals surface area contributed by atoms with Gasteiger partial charge in [-0.3, -0.25) is 0 Å². The van der Waals surface area contributed by atoms with E-state index in [1.807, 2.05) is 18.2 Å². The van der Waals surface area contributed by atoms with Crippen molar-refractivity contribution >= 4 is 22.2 Å². The summed E-state index contributed by atoms with van der Waals surface area (Å²) in [6, 6.07) is 10.00. The lowest BCUT2D eigenvalue weighted by atomic mass is 10.1. The molecular formula is C15H13NO2S. The third-order valence-corrected chi connectivity index (χ3v) is 3.69. The molecule has 0 radical (unpaired) electrons. The molecule has 3 nitrogen and oxygen atoms in total. The van der Waals surface area contributed by atoms with Crippen LogP contribution in [-0.4, -0.2) is 19.2 Å². The van der Waals surface area contributed by atoms with Gasteiger partial charge in [0.05, 0.1) is 25.4 Å². The predicted octanol–water partition coefficient (Wildman–Crippen LogP) is 3.98. The molecule has 0 aliphatic carbocycles. The van der Waals surface area contributed by atoms with Crippen molar-refractivity contribution in [3.63, 3.8) is 0 Å². The van der Waals surface area contributed by atoms with Crippen LogP contribution in [0.25, 0.3) is 22.2 Å². The van der Waals surface area contributed by atoms with Crippen LogP contribution < -0.4 is 9.47 Å². The van der Waals surface area contributed by atoms with Gasteiger partial charge in [-0.15, -0.1) is 0 Å². The standard InChI is InChI=1S/C15H13NO2S/c1-17-14-7-10-3-4-12(11-5-6-19-9-11)16-13(10)8-15(14)18-2/h3-9H,1-2H3. The van der Waals surface area contributed by atoms with Crippen LogP contribution in [0.2, 0.25) is 0 Å². The van der Waals surface area contributed by atoms with E-state index < -0.39 is 0 Å². The fourth-order valence-electron chi connectivity index (χ4n) is 2.02. The molecule has 96 valence electrons. The smallest absolute Gasteiger partial charge is 0.162 e. The van der Waals surface area contributed by atoms with Crippen molar-refractivity contribution in [2.45, 2.75) is 0 Å². The topological polar surface area (TPSA) is 31.4 Å². The molecule has 0 N–H and O–H groups in total. The second-order valence-corrected chi connectivity index (χ2v) is 4.89. The van der Waals surface area contributed by atoms with Gasteiger partial charge >= 0.3 is 0 Å². The van der Waals surface area contributed by atoms with E-state index in [0.29, 0.717) is 5.75 Å². The van der Waals surface area contributed by atoms with E-state index >= 15 is 0 Å². The van der Waals surface area contributed by atoms with Crippen LogP contribution in [0, 0.1) is 0 Å². The van der Waals surface area contributed by atoms with E-state index in [0.717, 1.165) is 27.9 Å². The monoisotopic (exact) mass is 271 g/mol. The number of hydrogen-bond donors (Lipinski definition) is 0. The van der Waals surface area contributed by atoms with E-state index in [4.69, 9.17) is 9.47 Å². The Kier molecular flexibility index (Phi) is 3.09. The lowest BCUT2D eigenvalue weighted by Gasteiger charge is -2.09. The minimum absolute atomic E-state index is 0.699. The molecule has 0 atom stereocenters. The molecule has 0 amide bonds. The largest absolute Gasteiger partial charge is 0.493 e. The molecule has 0 fully saturated rings. The molecular weight excluding hydrogens is 258 g/mol. The van der Waals surface area contributed by atoms with Crippen molar-refractivity contribution in [2.75, 3.05) is 14.2 Å². The van der Waals surface area contributed by atoms with Gasteiger partial charge in [0, 0.05) is 22.4 Å². The summed E-state index contributed by atoms with van der Waals surface area (Å²) in [5, 5.41) is 5.18. The van der Waals surface area contributed by atoms with Gasteiger partial charge in [-0.2, -0.15) is 11.3 Å². The van der Waals surface area contributed by atoms with Crippen LogP contribution in [0.1, 0.15) is 0 Å². The zero-order valence-electron chi connectivity index (χ0n) is 10.7. The van der Waals surface area contributed by atoms with Crippen molar-refractivity contribution < 1.29 is 9.47 Å². The average molecular weight is 271 g/mol. The van der Waals surface area contributed by atoms with E-state index in [2.05, 4.69) is 27.9 Å². The summed E-state index contributed by atoms with van der Waals surface area (Å²) >= 11 is 1.67. The molecule has 3 rings (SSSR count). The second kappa shape index (κ2) is 4.90. The number of pyridine rings is 1. The van der Waals surface area contributed by atoms with Crippen molar-refractivity contribution in [3.05, 3.63) is 41.1 Å². The lowest BCUT2D eigenvalue weighted by molar-refractivity contribution is 0.356. The molecule has 0 bridgehead atoms. The normalized spacial score (nSPS) is 10.6. The number of methoxy groups -OCH3 is 2. The Bertz CT molecular complexity index is 707. The number of aromatic nitrogens is 1. The molecule has 2 aromatic heterocycles. The molecule has 3 aromatic rings. The third-order valence-electron chi connectivity index (χ3n) is 3.01. The van der Waals surface area contributed by atoms with Gasteiger partial charge in [-0.05, 0) is 23.6 Å². The first-order chi connectivity index (χ1) is 9.31. The predicted molar refractivity (Wildman–Crippen MR) is 78.2 cm³/mol. The first kappa shape index (κ1) is 12.0. The van der Waals surface area contributed by atoms with Crippen molar-refractivity contribution in [1.29, 1.82) is 0 Å². The Labute approximate surface area is 115 Å². The number of thiophene rings is 1. The Balaban J connectivity index is 2.17. The first-order valence-electron chi connectivity index (χ1n) is 5.87. The molecule has 0 saturated heterocycles. The summed E-state index contributed by atoms with van der Waals surface area (Å²) in [6.45, 7) is 0.